The lowest BCUT2D eigenvalue weighted by Crippen LogP contribution is -2.16. The van der Waals surface area contributed by atoms with Crippen LogP contribution >= 0.6 is 15.9 Å². The number of sulfonamides is 1. The van der Waals surface area contributed by atoms with Crippen molar-refractivity contribution in [3.63, 3.8) is 0 Å². The molecule has 21 heavy (non-hydrogen) atoms. The highest BCUT2D eigenvalue weighted by atomic mass is 79.9. The van der Waals surface area contributed by atoms with E-state index in [9.17, 15) is 13.2 Å². The van der Waals surface area contributed by atoms with E-state index in [1.807, 2.05) is 6.92 Å². The predicted octanol–water partition coefficient (Wildman–Crippen LogP) is 2.65. The molecule has 0 spiro atoms. The molecule has 0 aliphatic rings. The lowest BCUT2D eigenvalue weighted by atomic mass is 10.2. The Balaban J connectivity index is 2.45. The Labute approximate surface area is 130 Å². The molecule has 110 valence electrons. The van der Waals surface area contributed by atoms with E-state index in [2.05, 4.69) is 25.6 Å². The van der Waals surface area contributed by atoms with E-state index in [1.54, 1.807) is 12.1 Å². The standard InChI is InChI=1S/C13H11BrN2O4S/c1-8-4-5-11(9(14)7-8)21(19,20)16-10-3-2-6-15-12(10)13(17)18/h2-7,16H,1H3,(H,17,18). The van der Waals surface area contributed by atoms with Crippen LogP contribution in [0.3, 0.4) is 0 Å². The third kappa shape index (κ3) is 3.40. The van der Waals surface area contributed by atoms with Gasteiger partial charge in [0.1, 0.15) is 4.90 Å². The second-order valence-corrected chi connectivity index (χ2v) is 6.75. The van der Waals surface area contributed by atoms with E-state index in [0.29, 0.717) is 4.47 Å². The Morgan fingerprint density at radius 1 is 1.33 bits per heavy atom. The van der Waals surface area contributed by atoms with Crippen molar-refractivity contribution in [3.8, 4) is 0 Å². The molecule has 0 radical (unpaired) electrons. The minimum absolute atomic E-state index is 0.0216. The van der Waals surface area contributed by atoms with Crippen LogP contribution in [0.4, 0.5) is 5.69 Å². The van der Waals surface area contributed by atoms with Gasteiger partial charge in [0, 0.05) is 10.7 Å². The van der Waals surface area contributed by atoms with Gasteiger partial charge in [-0.1, -0.05) is 6.07 Å². The number of hydrogen-bond acceptors (Lipinski definition) is 4. The minimum atomic E-state index is -3.92. The van der Waals surface area contributed by atoms with E-state index in [4.69, 9.17) is 5.11 Å². The highest BCUT2D eigenvalue weighted by Crippen LogP contribution is 2.26. The molecule has 1 heterocycles. The van der Waals surface area contributed by atoms with Crippen molar-refractivity contribution in [2.45, 2.75) is 11.8 Å². The molecule has 6 nitrogen and oxygen atoms in total. The molecule has 0 aliphatic heterocycles. The van der Waals surface area contributed by atoms with E-state index >= 15 is 0 Å². The first kappa shape index (κ1) is 15.5. The van der Waals surface area contributed by atoms with Gasteiger partial charge in [0.25, 0.3) is 10.0 Å². The number of pyridine rings is 1. The number of carboxylic acids is 1. The van der Waals surface area contributed by atoms with Crippen LogP contribution in [0.15, 0.2) is 45.9 Å². The molecule has 2 rings (SSSR count). The summed E-state index contributed by atoms with van der Waals surface area (Å²) in [7, 11) is -3.92. The lowest BCUT2D eigenvalue weighted by Gasteiger charge is -2.11. The third-order valence-corrected chi connectivity index (χ3v) is 4.97. The summed E-state index contributed by atoms with van der Waals surface area (Å²) < 4.78 is 27.3. The van der Waals surface area contributed by atoms with Crippen molar-refractivity contribution in [3.05, 3.63) is 52.3 Å². The molecule has 1 aromatic heterocycles. The van der Waals surface area contributed by atoms with Gasteiger partial charge in [-0.2, -0.15) is 0 Å². The van der Waals surface area contributed by atoms with Gasteiger partial charge < -0.3 is 5.11 Å². The number of rotatable bonds is 4. The molecule has 0 atom stereocenters. The van der Waals surface area contributed by atoms with E-state index in [1.165, 1.54) is 24.4 Å². The van der Waals surface area contributed by atoms with Gasteiger partial charge in [-0.15, -0.1) is 0 Å². The first-order chi connectivity index (χ1) is 9.81. The summed E-state index contributed by atoms with van der Waals surface area (Å²) >= 11 is 3.19. The van der Waals surface area contributed by atoms with Gasteiger partial charge in [-0.25, -0.2) is 18.2 Å². The van der Waals surface area contributed by atoms with Gasteiger partial charge in [0.05, 0.1) is 5.69 Å². The quantitative estimate of drug-likeness (QED) is 0.862. The van der Waals surface area contributed by atoms with Crippen LogP contribution in [0.25, 0.3) is 0 Å². The first-order valence-electron chi connectivity index (χ1n) is 5.78. The number of anilines is 1. The molecule has 0 fully saturated rings. The van der Waals surface area contributed by atoms with Gasteiger partial charge in [0.2, 0.25) is 0 Å². The maximum atomic E-state index is 12.3. The average Bonchev–Trinajstić information content (AvgIpc) is 2.37. The average molecular weight is 371 g/mol. The number of aromatic nitrogens is 1. The van der Waals surface area contributed by atoms with Crippen LogP contribution < -0.4 is 4.72 Å². The zero-order chi connectivity index (χ0) is 15.6. The lowest BCUT2D eigenvalue weighted by molar-refractivity contribution is 0.0692. The number of halogens is 1. The number of aromatic carboxylic acids is 1. The Bertz CT molecular complexity index is 806. The van der Waals surface area contributed by atoms with Gasteiger partial charge in [-0.05, 0) is 52.7 Å². The summed E-state index contributed by atoms with van der Waals surface area (Å²) in [6.45, 7) is 1.83. The fourth-order valence-corrected chi connectivity index (χ4v) is 3.94. The Morgan fingerprint density at radius 2 is 2.05 bits per heavy atom. The van der Waals surface area contributed by atoms with E-state index in [0.717, 1.165) is 5.56 Å². The van der Waals surface area contributed by atoms with Crippen molar-refractivity contribution in [1.29, 1.82) is 0 Å². The number of nitrogens with one attached hydrogen (secondary N) is 1. The summed E-state index contributed by atoms with van der Waals surface area (Å²) in [6, 6.07) is 7.56. The van der Waals surface area contributed by atoms with Crippen molar-refractivity contribution < 1.29 is 18.3 Å². The summed E-state index contributed by atoms with van der Waals surface area (Å²) in [5.74, 6) is -1.31. The molecule has 0 unspecified atom stereocenters. The fourth-order valence-electron chi connectivity index (χ4n) is 1.68. The smallest absolute Gasteiger partial charge is 0.356 e. The molecule has 0 amide bonds. The number of hydrogen-bond donors (Lipinski definition) is 2. The Hall–Kier alpha value is -1.93. The van der Waals surface area contributed by atoms with Crippen LogP contribution in [0, 0.1) is 6.92 Å². The van der Waals surface area contributed by atoms with Crippen LogP contribution in [0.5, 0.6) is 0 Å². The zero-order valence-electron chi connectivity index (χ0n) is 10.9. The van der Waals surface area contributed by atoms with Crippen molar-refractivity contribution in [2.75, 3.05) is 4.72 Å². The van der Waals surface area contributed by atoms with Crippen molar-refractivity contribution in [2.24, 2.45) is 0 Å². The van der Waals surface area contributed by atoms with Crippen molar-refractivity contribution >= 4 is 37.6 Å². The fraction of sp³-hybridized carbons (Fsp3) is 0.0769. The number of nitrogens with zero attached hydrogens (tertiary/aromatic N) is 1. The molecule has 1 aromatic carbocycles. The number of aryl methyl sites for hydroxylation is 1. The van der Waals surface area contributed by atoms with Crippen LogP contribution in [0.1, 0.15) is 16.1 Å². The van der Waals surface area contributed by atoms with Gasteiger partial charge in [0.15, 0.2) is 5.69 Å². The number of carboxylic acid groups (broad SMARTS) is 1. The molecule has 0 saturated heterocycles. The van der Waals surface area contributed by atoms with Crippen LogP contribution in [-0.4, -0.2) is 24.5 Å². The largest absolute Gasteiger partial charge is 0.476 e. The summed E-state index contributed by atoms with van der Waals surface area (Å²) in [5, 5.41) is 9.02. The predicted molar refractivity (Wildman–Crippen MR) is 80.9 cm³/mol. The highest BCUT2D eigenvalue weighted by molar-refractivity contribution is 9.10. The van der Waals surface area contributed by atoms with Gasteiger partial charge in [-0.3, -0.25) is 4.72 Å². The van der Waals surface area contributed by atoms with E-state index in [-0.39, 0.29) is 16.3 Å². The molecular formula is C13H11BrN2O4S. The van der Waals surface area contributed by atoms with E-state index < -0.39 is 16.0 Å². The number of benzene rings is 1. The second-order valence-electron chi connectivity index (χ2n) is 4.24. The molecule has 2 aromatic rings. The molecular weight excluding hydrogens is 360 g/mol. The molecule has 0 bridgehead atoms. The Morgan fingerprint density at radius 3 is 2.67 bits per heavy atom. The topological polar surface area (TPSA) is 96.4 Å². The first-order valence-corrected chi connectivity index (χ1v) is 8.06. The molecule has 0 aliphatic carbocycles. The highest BCUT2D eigenvalue weighted by Gasteiger charge is 2.21. The second kappa shape index (κ2) is 5.82. The monoisotopic (exact) mass is 370 g/mol. The third-order valence-electron chi connectivity index (χ3n) is 2.63. The molecule has 8 heteroatoms. The molecule has 2 N–H and O–H groups in total. The summed E-state index contributed by atoms with van der Waals surface area (Å²) in [5.41, 5.74) is 0.454. The Kier molecular flexibility index (Phi) is 4.29. The van der Waals surface area contributed by atoms with Crippen molar-refractivity contribution in [1.82, 2.24) is 4.98 Å². The SMILES string of the molecule is Cc1ccc(S(=O)(=O)Nc2cccnc2C(=O)O)c(Br)c1. The zero-order valence-corrected chi connectivity index (χ0v) is 13.3. The summed E-state index contributed by atoms with van der Waals surface area (Å²) in [4.78, 5) is 14.7. The molecule has 0 saturated carbocycles. The normalized spacial score (nSPS) is 11.1. The maximum Gasteiger partial charge on any atom is 0.356 e. The van der Waals surface area contributed by atoms with Gasteiger partial charge >= 0.3 is 5.97 Å². The van der Waals surface area contributed by atoms with Crippen LogP contribution in [0.2, 0.25) is 0 Å². The summed E-state index contributed by atoms with van der Waals surface area (Å²) in [6.07, 6.45) is 1.28. The number of carbonyl (C=O) groups is 1. The van der Waals surface area contributed by atoms with Crippen LogP contribution in [-0.2, 0) is 10.0 Å². The minimum Gasteiger partial charge on any atom is -0.476 e. The maximum absolute atomic E-state index is 12.3.